The van der Waals surface area contributed by atoms with Gasteiger partial charge < -0.3 is 0 Å². The first-order valence-electron chi connectivity index (χ1n) is 5.70. The Balaban J connectivity index is 3.09. The zero-order chi connectivity index (χ0) is 12.2. The van der Waals surface area contributed by atoms with Crippen molar-refractivity contribution in [2.75, 3.05) is 21.3 Å². The molecule has 3 nitrogen and oxygen atoms in total. The van der Waals surface area contributed by atoms with Crippen LogP contribution >= 0.6 is 0 Å². The van der Waals surface area contributed by atoms with Crippen molar-refractivity contribution in [1.82, 2.24) is 0 Å². The van der Waals surface area contributed by atoms with Crippen molar-refractivity contribution in [3.05, 3.63) is 21.6 Å². The molecule has 1 aliphatic carbocycles. The van der Waals surface area contributed by atoms with Crippen molar-refractivity contribution >= 4 is 0 Å². The van der Waals surface area contributed by atoms with Crippen LogP contribution in [0.5, 0.6) is 0 Å². The fraction of sp³-hybridized carbons (Fsp3) is 0.667. The summed E-state index contributed by atoms with van der Waals surface area (Å²) in [5.41, 5.74) is 1.35. The van der Waals surface area contributed by atoms with E-state index >= 15 is 0 Å². The summed E-state index contributed by atoms with van der Waals surface area (Å²) in [5.74, 6) is 0.541. The molecule has 0 aromatic carbocycles. The molecule has 4 heteroatoms. The Morgan fingerprint density at radius 2 is 1.81 bits per heavy atom. The molecule has 0 fully saturated rings. The van der Waals surface area contributed by atoms with Crippen LogP contribution < -0.4 is 0 Å². The molecule has 1 rings (SSSR count). The van der Waals surface area contributed by atoms with Gasteiger partial charge in [0.1, 0.15) is 0 Å². The Bertz CT molecular complexity index is 284. The van der Waals surface area contributed by atoms with Gasteiger partial charge >= 0.3 is 103 Å². The summed E-state index contributed by atoms with van der Waals surface area (Å²) in [6.07, 6.45) is 6.41. The molecule has 0 heterocycles. The van der Waals surface area contributed by atoms with Gasteiger partial charge in [-0.3, -0.25) is 0 Å². The summed E-state index contributed by atoms with van der Waals surface area (Å²) in [6, 6.07) is 0. The van der Waals surface area contributed by atoms with Crippen molar-refractivity contribution in [3.8, 4) is 0 Å². The zero-order valence-corrected chi connectivity index (χ0v) is 12.4. The third kappa shape index (κ3) is 2.49. The quantitative estimate of drug-likeness (QED) is 0.688. The molecule has 1 aliphatic rings. The molecule has 0 saturated carbocycles. The number of rotatable bonds is 6. The minimum absolute atomic E-state index is 0.541. The fourth-order valence-electron chi connectivity index (χ4n) is 2.13. The topological polar surface area (TPSA) is 27.7 Å². The Kier molecular flexibility index (Phi) is 5.41. The van der Waals surface area contributed by atoms with Crippen molar-refractivity contribution in [3.63, 3.8) is 0 Å². The number of hydrogen-bond donors (Lipinski definition) is 0. The molecule has 0 aromatic rings. The molecule has 0 aromatic heterocycles. The Morgan fingerprint density at radius 1 is 1.25 bits per heavy atom. The van der Waals surface area contributed by atoms with Crippen LogP contribution in [0.3, 0.4) is 0 Å². The number of hydrogen-bond acceptors (Lipinski definition) is 3. The van der Waals surface area contributed by atoms with Crippen LogP contribution in [0.15, 0.2) is 21.6 Å². The number of allylic oxidation sites excluding steroid dienone is 4. The molecule has 0 amide bonds. The predicted molar refractivity (Wildman–Crippen MR) is 61.3 cm³/mol. The molecular formula is C12H22O3Ti. The zero-order valence-electron chi connectivity index (χ0n) is 10.9. The predicted octanol–water partition coefficient (Wildman–Crippen LogP) is 3.08. The van der Waals surface area contributed by atoms with Crippen LogP contribution in [0.25, 0.3) is 0 Å². The van der Waals surface area contributed by atoms with Crippen LogP contribution in [0, 0.1) is 5.92 Å². The molecule has 0 N–H and O–H groups in total. The molecule has 16 heavy (non-hydrogen) atoms. The summed E-state index contributed by atoms with van der Waals surface area (Å²) in [6.45, 7) is 4.43. The third-order valence-electron chi connectivity index (χ3n) is 3.29. The Labute approximate surface area is 103 Å². The van der Waals surface area contributed by atoms with Crippen molar-refractivity contribution in [1.29, 1.82) is 0 Å². The summed E-state index contributed by atoms with van der Waals surface area (Å²) in [4.78, 5) is 0. The molecule has 0 aliphatic heterocycles. The molecular weight excluding hydrogens is 240 g/mol. The monoisotopic (exact) mass is 262 g/mol. The first-order valence-corrected chi connectivity index (χ1v) is 8.40. The van der Waals surface area contributed by atoms with Crippen LogP contribution in [-0.4, -0.2) is 21.3 Å². The second-order valence-electron chi connectivity index (χ2n) is 4.02. The van der Waals surface area contributed by atoms with Crippen molar-refractivity contribution in [2.24, 2.45) is 5.92 Å². The molecule has 1 unspecified atom stereocenters. The van der Waals surface area contributed by atoms with Gasteiger partial charge in [0, 0.05) is 0 Å². The van der Waals surface area contributed by atoms with E-state index in [0.717, 1.165) is 12.8 Å². The molecule has 92 valence electrons. The van der Waals surface area contributed by atoms with E-state index in [-0.39, 0.29) is 0 Å². The molecule has 1 atom stereocenters. The van der Waals surface area contributed by atoms with Gasteiger partial charge in [0.2, 0.25) is 0 Å². The Morgan fingerprint density at radius 3 is 2.25 bits per heavy atom. The van der Waals surface area contributed by atoms with Gasteiger partial charge in [-0.15, -0.1) is 0 Å². The average molecular weight is 262 g/mol. The molecule has 0 bridgehead atoms. The normalized spacial score (nSPS) is 18.3. The molecule has 0 spiro atoms. The fourth-order valence-corrected chi connectivity index (χ4v) is 5.70. The van der Waals surface area contributed by atoms with E-state index in [1.165, 1.54) is 9.45 Å². The van der Waals surface area contributed by atoms with E-state index in [1.54, 1.807) is 21.3 Å². The van der Waals surface area contributed by atoms with Gasteiger partial charge in [0.05, 0.1) is 0 Å². The van der Waals surface area contributed by atoms with Crippen molar-refractivity contribution in [2.45, 2.75) is 26.7 Å². The SMILES string of the molecule is CCC(C)C1=[C]([Ti]([O]C)([O]C)[O]C)CC=C1. The van der Waals surface area contributed by atoms with Gasteiger partial charge in [0.15, 0.2) is 0 Å². The standard InChI is InChI=1S/C9H13.3CH3O.Ti/c1-3-8(2)9-6-4-5-7-9;3*1-2;/h4,6,8H,3,5H2,1-2H3;3*1H3;/q;3*-1;+3. The average Bonchev–Trinajstić information content (AvgIpc) is 2.81. The van der Waals surface area contributed by atoms with Crippen LogP contribution in [-0.2, 0) is 27.7 Å². The van der Waals surface area contributed by atoms with E-state index < -0.39 is 17.8 Å². The maximum atomic E-state index is 5.59. The third-order valence-corrected chi connectivity index (χ3v) is 7.73. The molecule has 0 radical (unpaired) electrons. The van der Waals surface area contributed by atoms with E-state index in [4.69, 9.17) is 9.96 Å². The first-order chi connectivity index (χ1) is 7.65. The van der Waals surface area contributed by atoms with E-state index in [9.17, 15) is 0 Å². The van der Waals surface area contributed by atoms with Gasteiger partial charge in [-0.2, -0.15) is 0 Å². The summed E-state index contributed by atoms with van der Waals surface area (Å²) in [5, 5.41) is 0. The second kappa shape index (κ2) is 6.13. The first kappa shape index (κ1) is 14.1. The van der Waals surface area contributed by atoms with Gasteiger partial charge in [-0.1, -0.05) is 0 Å². The van der Waals surface area contributed by atoms with Crippen LogP contribution in [0.4, 0.5) is 0 Å². The van der Waals surface area contributed by atoms with E-state index in [1.807, 2.05) is 0 Å². The van der Waals surface area contributed by atoms with Gasteiger partial charge in [-0.25, -0.2) is 0 Å². The summed E-state index contributed by atoms with van der Waals surface area (Å²) in [7, 11) is 5.06. The Hall–Kier alpha value is 0.0743. The van der Waals surface area contributed by atoms with Crippen molar-refractivity contribution < 1.29 is 27.7 Å². The van der Waals surface area contributed by atoms with E-state index in [0.29, 0.717) is 5.92 Å². The second-order valence-corrected chi connectivity index (χ2v) is 8.61. The van der Waals surface area contributed by atoms with Gasteiger partial charge in [-0.05, 0) is 0 Å². The van der Waals surface area contributed by atoms with Gasteiger partial charge in [0.25, 0.3) is 0 Å². The molecule has 0 saturated heterocycles. The van der Waals surface area contributed by atoms with E-state index in [2.05, 4.69) is 26.0 Å². The minimum atomic E-state index is -3.16. The summed E-state index contributed by atoms with van der Waals surface area (Å²) < 4.78 is 18.0. The van der Waals surface area contributed by atoms with Crippen LogP contribution in [0.1, 0.15) is 26.7 Å². The van der Waals surface area contributed by atoms with Crippen LogP contribution in [0.2, 0.25) is 0 Å². The maximum absolute atomic E-state index is 5.59. The summed E-state index contributed by atoms with van der Waals surface area (Å²) >= 11 is -3.16.